The molecule has 0 saturated heterocycles. The molecule has 1 aliphatic heterocycles. The molecule has 3 aromatic carbocycles. The number of carbonyl (C=O) groups excluding carboxylic acids is 2. The minimum absolute atomic E-state index is 0.00363. The summed E-state index contributed by atoms with van der Waals surface area (Å²) >= 11 is 0. The van der Waals surface area contributed by atoms with Gasteiger partial charge >= 0.3 is 0 Å². The number of nitrogens with zero attached hydrogens (tertiary/aromatic N) is 1. The zero-order valence-electron chi connectivity index (χ0n) is 15.5. The fourth-order valence-electron chi connectivity index (χ4n) is 3.46. The summed E-state index contributed by atoms with van der Waals surface area (Å²) in [6, 6.07) is 17.9. The molecular weight excluding hydrogens is 374 g/mol. The fraction of sp³-hybridized carbons (Fsp3) is 0.130. The van der Waals surface area contributed by atoms with Gasteiger partial charge in [0.25, 0.3) is 5.91 Å². The van der Waals surface area contributed by atoms with E-state index in [9.17, 15) is 18.4 Å². The molecule has 1 heterocycles. The summed E-state index contributed by atoms with van der Waals surface area (Å²) in [7, 11) is 0. The van der Waals surface area contributed by atoms with Gasteiger partial charge in [-0.15, -0.1) is 0 Å². The second-order valence-corrected chi connectivity index (χ2v) is 6.95. The van der Waals surface area contributed by atoms with Crippen molar-refractivity contribution in [1.29, 1.82) is 0 Å². The lowest BCUT2D eigenvalue weighted by Crippen LogP contribution is -2.26. The van der Waals surface area contributed by atoms with Crippen LogP contribution in [-0.4, -0.2) is 11.8 Å². The molecule has 0 aliphatic carbocycles. The molecule has 6 heteroatoms. The minimum atomic E-state index is -0.691. The minimum Gasteiger partial charge on any atom is -0.348 e. The molecule has 0 bridgehead atoms. The normalized spacial score (nSPS) is 12.8. The molecule has 0 radical (unpaired) electrons. The fourth-order valence-corrected chi connectivity index (χ4v) is 3.46. The van der Waals surface area contributed by atoms with Crippen molar-refractivity contribution in [3.63, 3.8) is 0 Å². The van der Waals surface area contributed by atoms with Gasteiger partial charge in [-0.3, -0.25) is 9.59 Å². The van der Waals surface area contributed by atoms with Crippen LogP contribution in [0.5, 0.6) is 0 Å². The lowest BCUT2D eigenvalue weighted by molar-refractivity contribution is -0.117. The molecule has 4 nitrogen and oxygen atoms in total. The molecule has 0 spiro atoms. The second kappa shape index (κ2) is 7.83. The number of hydrogen-bond acceptors (Lipinski definition) is 2. The van der Waals surface area contributed by atoms with Crippen LogP contribution in [0, 0.1) is 11.6 Å². The summed E-state index contributed by atoms with van der Waals surface area (Å²) in [6.45, 7) is 0.479. The van der Waals surface area contributed by atoms with Crippen molar-refractivity contribution in [2.45, 2.75) is 19.5 Å². The topological polar surface area (TPSA) is 49.4 Å². The zero-order valence-corrected chi connectivity index (χ0v) is 15.5. The predicted octanol–water partition coefficient (Wildman–Crippen LogP) is 3.98. The van der Waals surface area contributed by atoms with Gasteiger partial charge in [-0.05, 0) is 47.0 Å². The van der Waals surface area contributed by atoms with Gasteiger partial charge in [-0.2, -0.15) is 0 Å². The van der Waals surface area contributed by atoms with E-state index in [4.69, 9.17) is 0 Å². The standard InChI is InChI=1S/C23H18F2N2O2/c24-19-8-16(9-20(25)12-19)13-26-23(29)17-6-7-21-18(10-17)11-22(28)27(21)14-15-4-2-1-3-5-15/h1-10,12H,11,13-14H2,(H,26,29). The number of amides is 2. The molecule has 29 heavy (non-hydrogen) atoms. The maximum Gasteiger partial charge on any atom is 0.251 e. The van der Waals surface area contributed by atoms with Crippen molar-refractivity contribution in [2.24, 2.45) is 0 Å². The summed E-state index contributed by atoms with van der Waals surface area (Å²) in [5.74, 6) is -1.77. The molecule has 0 atom stereocenters. The third kappa shape index (κ3) is 4.16. The molecule has 0 fully saturated rings. The van der Waals surface area contributed by atoms with Crippen LogP contribution in [0.15, 0.2) is 66.7 Å². The highest BCUT2D eigenvalue weighted by atomic mass is 19.1. The number of fused-ring (bicyclic) bond motifs is 1. The van der Waals surface area contributed by atoms with E-state index in [0.717, 1.165) is 22.9 Å². The molecule has 1 aliphatic rings. The molecule has 1 N–H and O–H groups in total. The number of carbonyl (C=O) groups is 2. The van der Waals surface area contributed by atoms with Gasteiger partial charge in [-0.1, -0.05) is 30.3 Å². The monoisotopic (exact) mass is 392 g/mol. The Morgan fingerprint density at radius 1 is 0.931 bits per heavy atom. The van der Waals surface area contributed by atoms with Crippen molar-refractivity contribution in [1.82, 2.24) is 5.32 Å². The van der Waals surface area contributed by atoms with Gasteiger partial charge in [-0.25, -0.2) is 8.78 Å². The number of nitrogens with one attached hydrogen (secondary N) is 1. The van der Waals surface area contributed by atoms with Gasteiger partial charge in [0.05, 0.1) is 13.0 Å². The molecular formula is C23H18F2N2O2. The number of halogens is 2. The van der Waals surface area contributed by atoms with Gasteiger partial charge < -0.3 is 10.2 Å². The lowest BCUT2D eigenvalue weighted by atomic mass is 10.1. The maximum atomic E-state index is 13.3. The first-order valence-electron chi connectivity index (χ1n) is 9.20. The van der Waals surface area contributed by atoms with E-state index in [1.807, 2.05) is 30.3 Å². The highest BCUT2D eigenvalue weighted by Gasteiger charge is 2.28. The molecule has 0 saturated carbocycles. The Labute approximate surface area is 166 Å². The first kappa shape index (κ1) is 18.8. The van der Waals surface area contributed by atoms with Crippen LogP contribution in [-0.2, 0) is 24.3 Å². The lowest BCUT2D eigenvalue weighted by Gasteiger charge is -2.18. The Bertz CT molecular complexity index is 1060. The molecule has 2 amide bonds. The second-order valence-electron chi connectivity index (χ2n) is 6.95. The smallest absolute Gasteiger partial charge is 0.251 e. The van der Waals surface area contributed by atoms with Gasteiger partial charge in [0.2, 0.25) is 5.91 Å². The largest absolute Gasteiger partial charge is 0.348 e. The van der Waals surface area contributed by atoms with E-state index < -0.39 is 11.6 Å². The summed E-state index contributed by atoms with van der Waals surface area (Å²) in [6.07, 6.45) is 0.235. The molecule has 0 unspecified atom stereocenters. The maximum absolute atomic E-state index is 13.3. The Morgan fingerprint density at radius 2 is 1.66 bits per heavy atom. The Kier molecular flexibility index (Phi) is 5.08. The molecule has 4 rings (SSSR count). The van der Waals surface area contributed by atoms with Gasteiger partial charge in [0, 0.05) is 23.9 Å². The van der Waals surface area contributed by atoms with Crippen LogP contribution in [0.4, 0.5) is 14.5 Å². The Hall–Kier alpha value is -3.54. The highest BCUT2D eigenvalue weighted by Crippen LogP contribution is 2.31. The van der Waals surface area contributed by atoms with Crippen molar-refractivity contribution in [3.05, 3.63) is 101 Å². The summed E-state index contributed by atoms with van der Waals surface area (Å²) in [5, 5.41) is 2.65. The number of rotatable bonds is 5. The van der Waals surface area contributed by atoms with Crippen LogP contribution >= 0.6 is 0 Å². The Balaban J connectivity index is 1.47. The van der Waals surface area contributed by atoms with Crippen molar-refractivity contribution in [2.75, 3.05) is 4.90 Å². The van der Waals surface area contributed by atoms with Crippen LogP contribution in [0.2, 0.25) is 0 Å². The quantitative estimate of drug-likeness (QED) is 0.714. The number of anilines is 1. The highest BCUT2D eigenvalue weighted by molar-refractivity contribution is 6.03. The van der Waals surface area contributed by atoms with Crippen molar-refractivity contribution >= 4 is 17.5 Å². The van der Waals surface area contributed by atoms with Crippen molar-refractivity contribution < 1.29 is 18.4 Å². The van der Waals surface area contributed by atoms with Gasteiger partial charge in [0.15, 0.2) is 0 Å². The average molecular weight is 392 g/mol. The first-order valence-corrected chi connectivity index (χ1v) is 9.20. The molecule has 0 aromatic heterocycles. The van der Waals surface area contributed by atoms with E-state index in [0.29, 0.717) is 17.7 Å². The third-order valence-corrected chi connectivity index (χ3v) is 4.83. The van der Waals surface area contributed by atoms with Crippen LogP contribution in [0.3, 0.4) is 0 Å². The first-order chi connectivity index (χ1) is 14.0. The zero-order chi connectivity index (χ0) is 20.4. The van der Waals surface area contributed by atoms with E-state index in [-0.39, 0.29) is 24.8 Å². The SMILES string of the molecule is O=C(NCc1cc(F)cc(F)c1)c1ccc2c(c1)CC(=O)N2Cc1ccccc1. The number of hydrogen-bond donors (Lipinski definition) is 1. The van der Waals surface area contributed by atoms with Crippen LogP contribution in [0.1, 0.15) is 27.0 Å². The van der Waals surface area contributed by atoms with E-state index in [1.165, 1.54) is 12.1 Å². The van der Waals surface area contributed by atoms with Crippen LogP contribution in [0.25, 0.3) is 0 Å². The van der Waals surface area contributed by atoms with E-state index in [2.05, 4.69) is 5.32 Å². The molecule has 3 aromatic rings. The predicted molar refractivity (Wildman–Crippen MR) is 105 cm³/mol. The Morgan fingerprint density at radius 3 is 2.38 bits per heavy atom. The summed E-state index contributed by atoms with van der Waals surface area (Å²) in [5.41, 5.74) is 3.34. The van der Waals surface area contributed by atoms with Gasteiger partial charge in [0.1, 0.15) is 11.6 Å². The number of benzene rings is 3. The third-order valence-electron chi connectivity index (χ3n) is 4.83. The van der Waals surface area contributed by atoms with E-state index in [1.54, 1.807) is 23.1 Å². The summed E-state index contributed by atoms with van der Waals surface area (Å²) in [4.78, 5) is 26.6. The van der Waals surface area contributed by atoms with Crippen LogP contribution < -0.4 is 10.2 Å². The average Bonchev–Trinajstić information content (AvgIpc) is 3.00. The van der Waals surface area contributed by atoms with Crippen molar-refractivity contribution in [3.8, 4) is 0 Å². The van der Waals surface area contributed by atoms with E-state index >= 15 is 0 Å². The molecule has 146 valence electrons. The summed E-state index contributed by atoms with van der Waals surface area (Å²) < 4.78 is 26.5.